The maximum atomic E-state index is 12.5. The summed E-state index contributed by atoms with van der Waals surface area (Å²) < 4.78 is 10.6. The molecular weight excluding hydrogens is 420 g/mol. The number of aryl methyl sites for hydroxylation is 1. The molecule has 0 heterocycles. The van der Waals surface area contributed by atoms with Crippen LogP contribution in [-0.2, 0) is 19.1 Å². The van der Waals surface area contributed by atoms with E-state index in [9.17, 15) is 14.4 Å². The number of hydrogen-bond acceptors (Lipinski definition) is 5. The van der Waals surface area contributed by atoms with Crippen molar-refractivity contribution in [2.24, 2.45) is 0 Å². The molecule has 33 heavy (non-hydrogen) atoms. The van der Waals surface area contributed by atoms with E-state index < -0.39 is 18.5 Å². The van der Waals surface area contributed by atoms with Crippen LogP contribution in [0.4, 0.5) is 5.69 Å². The van der Waals surface area contributed by atoms with Gasteiger partial charge in [0.2, 0.25) is 5.91 Å². The quantitative estimate of drug-likeness (QED) is 0.475. The molecule has 3 rings (SSSR count). The lowest BCUT2D eigenvalue weighted by Crippen LogP contribution is -2.41. The van der Waals surface area contributed by atoms with Crippen LogP contribution in [-0.4, -0.2) is 49.0 Å². The van der Waals surface area contributed by atoms with Gasteiger partial charge >= 0.3 is 5.97 Å². The second-order valence-electron chi connectivity index (χ2n) is 7.64. The lowest BCUT2D eigenvalue weighted by molar-refractivity contribution is -0.154. The fourth-order valence-electron chi connectivity index (χ4n) is 3.31. The van der Waals surface area contributed by atoms with Gasteiger partial charge < -0.3 is 19.7 Å². The topological polar surface area (TPSA) is 84.9 Å². The highest BCUT2D eigenvalue weighted by molar-refractivity contribution is 5.95. The first-order chi connectivity index (χ1) is 16.0. The molecule has 0 fully saturated rings. The highest BCUT2D eigenvalue weighted by atomic mass is 16.6. The number of carbonyl (C=O) groups is 3. The van der Waals surface area contributed by atoms with Gasteiger partial charge in [-0.05, 0) is 47.9 Å². The highest BCUT2D eigenvalue weighted by Gasteiger charge is 2.19. The molecule has 0 atom stereocenters. The van der Waals surface area contributed by atoms with Crippen molar-refractivity contribution < 1.29 is 23.9 Å². The molecule has 1 N–H and O–H groups in total. The standard InChI is InChI=1S/C26H28N2O5/c1-3-14-28(16-24(29)27-23-11-7-4-8-19(23)2)25(30)17-33-26(31)18-32-22-13-12-20-9-5-6-10-21(20)15-22/h4-13,15H,3,14,16-18H2,1-2H3,(H,27,29). The van der Waals surface area contributed by atoms with Crippen molar-refractivity contribution in [3.63, 3.8) is 0 Å². The molecule has 0 saturated carbocycles. The van der Waals surface area contributed by atoms with Crippen LogP contribution in [0.5, 0.6) is 5.75 Å². The van der Waals surface area contributed by atoms with E-state index in [1.165, 1.54) is 4.90 Å². The maximum Gasteiger partial charge on any atom is 0.344 e. The number of anilines is 1. The van der Waals surface area contributed by atoms with Crippen LogP contribution in [0.3, 0.4) is 0 Å². The number of ether oxygens (including phenoxy) is 2. The van der Waals surface area contributed by atoms with Gasteiger partial charge in [-0.1, -0.05) is 55.5 Å². The van der Waals surface area contributed by atoms with Gasteiger partial charge in [0, 0.05) is 12.2 Å². The summed E-state index contributed by atoms with van der Waals surface area (Å²) in [5, 5.41) is 4.88. The Morgan fingerprint density at radius 2 is 1.64 bits per heavy atom. The van der Waals surface area contributed by atoms with Gasteiger partial charge in [0.05, 0.1) is 6.54 Å². The minimum atomic E-state index is -0.655. The van der Waals surface area contributed by atoms with Crippen molar-refractivity contribution in [3.8, 4) is 5.75 Å². The van der Waals surface area contributed by atoms with Crippen molar-refractivity contribution >= 4 is 34.2 Å². The lowest BCUT2D eigenvalue weighted by Gasteiger charge is -2.21. The van der Waals surface area contributed by atoms with Crippen LogP contribution in [0.15, 0.2) is 66.7 Å². The Labute approximate surface area is 193 Å². The molecule has 0 aliphatic rings. The maximum absolute atomic E-state index is 12.5. The first-order valence-electron chi connectivity index (χ1n) is 10.9. The molecule has 2 amide bonds. The van der Waals surface area contributed by atoms with E-state index in [2.05, 4.69) is 5.32 Å². The Bertz CT molecular complexity index is 1130. The second-order valence-corrected chi connectivity index (χ2v) is 7.64. The minimum Gasteiger partial charge on any atom is -0.482 e. The number of rotatable bonds is 10. The summed E-state index contributed by atoms with van der Waals surface area (Å²) in [7, 11) is 0. The van der Waals surface area contributed by atoms with Gasteiger partial charge in [0.1, 0.15) is 5.75 Å². The molecule has 0 spiro atoms. The fourth-order valence-corrected chi connectivity index (χ4v) is 3.31. The smallest absolute Gasteiger partial charge is 0.344 e. The lowest BCUT2D eigenvalue weighted by atomic mass is 10.1. The van der Waals surface area contributed by atoms with Gasteiger partial charge in [-0.2, -0.15) is 0 Å². The van der Waals surface area contributed by atoms with E-state index in [4.69, 9.17) is 9.47 Å². The summed E-state index contributed by atoms with van der Waals surface area (Å²) in [5.74, 6) is -0.859. The number of para-hydroxylation sites is 1. The monoisotopic (exact) mass is 448 g/mol. The number of carbonyl (C=O) groups excluding carboxylic acids is 3. The van der Waals surface area contributed by atoms with E-state index in [1.54, 1.807) is 12.1 Å². The number of fused-ring (bicyclic) bond motifs is 1. The number of esters is 1. The molecule has 0 aromatic heterocycles. The number of nitrogens with one attached hydrogen (secondary N) is 1. The zero-order chi connectivity index (χ0) is 23.6. The number of amides is 2. The van der Waals surface area contributed by atoms with Crippen LogP contribution < -0.4 is 10.1 Å². The van der Waals surface area contributed by atoms with Crippen LogP contribution in [0.1, 0.15) is 18.9 Å². The van der Waals surface area contributed by atoms with E-state index in [1.807, 2.05) is 68.4 Å². The third-order valence-corrected chi connectivity index (χ3v) is 5.03. The predicted octanol–water partition coefficient (Wildman–Crippen LogP) is 3.95. The second kappa shape index (κ2) is 11.7. The Hall–Kier alpha value is -3.87. The van der Waals surface area contributed by atoms with Crippen molar-refractivity contribution in [1.29, 1.82) is 0 Å². The summed E-state index contributed by atoms with van der Waals surface area (Å²) in [6, 6.07) is 20.7. The minimum absolute atomic E-state index is 0.119. The molecule has 3 aromatic rings. The predicted molar refractivity (Wildman–Crippen MR) is 127 cm³/mol. The SMILES string of the molecule is CCCN(CC(=O)Nc1ccccc1C)C(=O)COC(=O)COc1ccc2ccccc2c1. The molecule has 0 saturated heterocycles. The molecule has 0 aliphatic heterocycles. The summed E-state index contributed by atoms with van der Waals surface area (Å²) in [5.41, 5.74) is 1.63. The molecule has 0 bridgehead atoms. The summed E-state index contributed by atoms with van der Waals surface area (Å²) >= 11 is 0. The van der Waals surface area contributed by atoms with Gasteiger partial charge in [-0.3, -0.25) is 9.59 Å². The van der Waals surface area contributed by atoms with E-state index >= 15 is 0 Å². The van der Waals surface area contributed by atoms with Crippen molar-refractivity contribution in [2.45, 2.75) is 20.3 Å². The van der Waals surface area contributed by atoms with Crippen LogP contribution >= 0.6 is 0 Å². The third-order valence-electron chi connectivity index (χ3n) is 5.03. The van der Waals surface area contributed by atoms with E-state index in [0.29, 0.717) is 24.4 Å². The third kappa shape index (κ3) is 7.07. The van der Waals surface area contributed by atoms with Crippen molar-refractivity contribution in [2.75, 3.05) is 31.6 Å². The molecule has 0 aliphatic carbocycles. The van der Waals surface area contributed by atoms with Gasteiger partial charge in [-0.25, -0.2) is 4.79 Å². The van der Waals surface area contributed by atoms with Gasteiger partial charge in [0.25, 0.3) is 5.91 Å². The molecule has 0 unspecified atom stereocenters. The Kier molecular flexibility index (Phi) is 8.41. The van der Waals surface area contributed by atoms with Crippen LogP contribution in [0.2, 0.25) is 0 Å². The average Bonchev–Trinajstić information content (AvgIpc) is 2.82. The van der Waals surface area contributed by atoms with Crippen molar-refractivity contribution in [1.82, 2.24) is 4.90 Å². The zero-order valence-corrected chi connectivity index (χ0v) is 18.9. The van der Waals surface area contributed by atoms with Crippen molar-refractivity contribution in [3.05, 3.63) is 72.3 Å². The van der Waals surface area contributed by atoms with E-state index in [0.717, 1.165) is 16.3 Å². The number of hydrogen-bond donors (Lipinski definition) is 1. The Balaban J connectivity index is 1.47. The number of nitrogens with zero attached hydrogens (tertiary/aromatic N) is 1. The summed E-state index contributed by atoms with van der Waals surface area (Å²) in [4.78, 5) is 38.4. The van der Waals surface area contributed by atoms with E-state index in [-0.39, 0.29) is 19.1 Å². The largest absolute Gasteiger partial charge is 0.482 e. The van der Waals surface area contributed by atoms with Gasteiger partial charge in [0.15, 0.2) is 13.2 Å². The Morgan fingerprint density at radius 3 is 2.39 bits per heavy atom. The molecular formula is C26H28N2O5. The first kappa shape index (κ1) is 23.8. The van der Waals surface area contributed by atoms with Crippen LogP contribution in [0.25, 0.3) is 10.8 Å². The fraction of sp³-hybridized carbons (Fsp3) is 0.269. The molecule has 7 heteroatoms. The highest BCUT2D eigenvalue weighted by Crippen LogP contribution is 2.20. The summed E-state index contributed by atoms with van der Waals surface area (Å²) in [6.45, 7) is 3.30. The average molecular weight is 449 g/mol. The normalized spacial score (nSPS) is 10.5. The molecule has 7 nitrogen and oxygen atoms in total. The molecule has 172 valence electrons. The first-order valence-corrected chi connectivity index (χ1v) is 10.9. The molecule has 0 radical (unpaired) electrons. The zero-order valence-electron chi connectivity index (χ0n) is 18.9. The number of benzene rings is 3. The van der Waals surface area contributed by atoms with Crippen LogP contribution in [0, 0.1) is 6.92 Å². The summed E-state index contributed by atoms with van der Waals surface area (Å²) in [6.07, 6.45) is 0.669. The van der Waals surface area contributed by atoms with Gasteiger partial charge in [-0.15, -0.1) is 0 Å². The molecule has 3 aromatic carbocycles. The Morgan fingerprint density at radius 1 is 0.909 bits per heavy atom.